The van der Waals surface area contributed by atoms with Gasteiger partial charge in [-0.05, 0) is 68.8 Å². The number of nitrogens with zero attached hydrogens (tertiary/aromatic N) is 3. The minimum absolute atomic E-state index is 0. The number of aromatic nitrogens is 3. The summed E-state index contributed by atoms with van der Waals surface area (Å²) in [4.78, 5) is 14.7. The van der Waals surface area contributed by atoms with E-state index in [1.54, 1.807) is 0 Å². The van der Waals surface area contributed by atoms with Crippen LogP contribution in [0.25, 0.3) is 11.0 Å². The second kappa shape index (κ2) is 7.49. The van der Waals surface area contributed by atoms with Gasteiger partial charge in [-0.3, -0.25) is 4.79 Å². The van der Waals surface area contributed by atoms with Crippen LogP contribution in [0, 0.1) is 11.8 Å². The van der Waals surface area contributed by atoms with Gasteiger partial charge in [-0.25, -0.2) is 0 Å². The molecule has 0 bridgehead atoms. The highest BCUT2D eigenvalue weighted by atomic mass is 35.5. The number of carbonyl (C=O) groups excluding carboxylic acids is 1. The van der Waals surface area contributed by atoms with Crippen molar-refractivity contribution in [1.29, 1.82) is 0 Å². The van der Waals surface area contributed by atoms with Crippen LogP contribution in [0.3, 0.4) is 0 Å². The average molecular weight is 350 g/mol. The molecule has 0 saturated carbocycles. The third-order valence-electron chi connectivity index (χ3n) is 5.44. The van der Waals surface area contributed by atoms with Gasteiger partial charge in [-0.2, -0.15) is 15.4 Å². The van der Waals surface area contributed by atoms with E-state index in [0.717, 1.165) is 61.9 Å². The summed E-state index contributed by atoms with van der Waals surface area (Å²) >= 11 is 0. The van der Waals surface area contributed by atoms with Crippen molar-refractivity contribution in [3.05, 3.63) is 23.8 Å². The van der Waals surface area contributed by atoms with Gasteiger partial charge in [0, 0.05) is 18.7 Å². The molecule has 0 aliphatic carbocycles. The third kappa shape index (κ3) is 3.39. The summed E-state index contributed by atoms with van der Waals surface area (Å²) in [5.74, 6) is 1.76. The number of nitrogens with one attached hydrogen (secondary N) is 2. The molecule has 1 aromatic carbocycles. The lowest BCUT2D eigenvalue weighted by Crippen LogP contribution is -2.42. The van der Waals surface area contributed by atoms with Crippen LogP contribution in [0.4, 0.5) is 0 Å². The summed E-state index contributed by atoms with van der Waals surface area (Å²) in [6, 6.07) is 5.54. The molecule has 24 heavy (non-hydrogen) atoms. The van der Waals surface area contributed by atoms with E-state index in [1.807, 2.05) is 23.1 Å². The Morgan fingerprint density at radius 2 is 1.67 bits per heavy atom. The minimum Gasteiger partial charge on any atom is -0.339 e. The molecule has 7 heteroatoms. The number of hydrogen-bond donors (Lipinski definition) is 2. The zero-order valence-electron chi connectivity index (χ0n) is 13.7. The Hall–Kier alpha value is -1.66. The van der Waals surface area contributed by atoms with E-state index in [4.69, 9.17) is 0 Å². The molecule has 4 rings (SSSR count). The van der Waals surface area contributed by atoms with E-state index in [9.17, 15) is 4.79 Å². The van der Waals surface area contributed by atoms with Gasteiger partial charge in [-0.1, -0.05) is 0 Å². The summed E-state index contributed by atoms with van der Waals surface area (Å²) in [6.07, 6.45) is 4.87. The van der Waals surface area contributed by atoms with Crippen LogP contribution in [-0.2, 0) is 0 Å². The molecule has 2 aliphatic rings. The number of aromatic amines is 1. The highest BCUT2D eigenvalue weighted by Crippen LogP contribution is 2.31. The maximum absolute atomic E-state index is 12.7. The predicted octanol–water partition coefficient (Wildman–Crippen LogP) is 2.23. The summed E-state index contributed by atoms with van der Waals surface area (Å²) in [6.45, 7) is 4.07. The highest BCUT2D eigenvalue weighted by molar-refractivity contribution is 5.97. The molecule has 2 aliphatic heterocycles. The van der Waals surface area contributed by atoms with Crippen molar-refractivity contribution in [2.24, 2.45) is 11.8 Å². The molecule has 0 radical (unpaired) electrons. The number of likely N-dealkylation sites (tertiary alicyclic amines) is 1. The number of amides is 1. The maximum atomic E-state index is 12.7. The van der Waals surface area contributed by atoms with Gasteiger partial charge in [0.1, 0.15) is 11.0 Å². The Morgan fingerprint density at radius 1 is 1.00 bits per heavy atom. The quantitative estimate of drug-likeness (QED) is 0.872. The molecule has 2 aromatic rings. The van der Waals surface area contributed by atoms with Crippen LogP contribution in [0.2, 0.25) is 0 Å². The van der Waals surface area contributed by atoms with Crippen LogP contribution in [0.1, 0.15) is 36.0 Å². The number of carbonyl (C=O) groups is 1. The second-order valence-corrected chi connectivity index (χ2v) is 6.74. The zero-order valence-corrected chi connectivity index (χ0v) is 14.5. The molecule has 2 fully saturated rings. The monoisotopic (exact) mass is 349 g/mol. The van der Waals surface area contributed by atoms with E-state index in [-0.39, 0.29) is 18.3 Å². The molecule has 0 unspecified atom stereocenters. The highest BCUT2D eigenvalue weighted by Gasteiger charge is 2.29. The average Bonchev–Trinajstić information content (AvgIpc) is 3.10. The van der Waals surface area contributed by atoms with Crippen molar-refractivity contribution in [3.8, 4) is 0 Å². The molecular weight excluding hydrogens is 326 g/mol. The van der Waals surface area contributed by atoms with Gasteiger partial charge in [0.2, 0.25) is 0 Å². The second-order valence-electron chi connectivity index (χ2n) is 6.74. The molecule has 1 aromatic heterocycles. The molecule has 6 nitrogen and oxygen atoms in total. The number of piperidine rings is 2. The fraction of sp³-hybridized carbons (Fsp3) is 0.588. The van der Waals surface area contributed by atoms with Crippen molar-refractivity contribution >= 4 is 29.3 Å². The van der Waals surface area contributed by atoms with Crippen molar-refractivity contribution in [2.45, 2.75) is 25.7 Å². The van der Waals surface area contributed by atoms with Crippen molar-refractivity contribution in [1.82, 2.24) is 25.6 Å². The van der Waals surface area contributed by atoms with Gasteiger partial charge in [0.25, 0.3) is 5.91 Å². The number of hydrogen-bond acceptors (Lipinski definition) is 4. The maximum Gasteiger partial charge on any atom is 0.253 e. The molecule has 0 atom stereocenters. The largest absolute Gasteiger partial charge is 0.339 e. The van der Waals surface area contributed by atoms with Crippen LogP contribution in [0.5, 0.6) is 0 Å². The summed E-state index contributed by atoms with van der Waals surface area (Å²) in [5.41, 5.74) is 2.26. The summed E-state index contributed by atoms with van der Waals surface area (Å²) < 4.78 is 0. The number of H-pyrrole nitrogens is 1. The standard InChI is InChI=1S/C17H23N5O.ClH/c23-17(14-1-2-15-16(11-14)20-21-19-15)22-9-5-13(6-10-22)12-3-7-18-8-4-12;/h1-2,11-13,18H,3-10H2,(H,19,20,21);1H. The van der Waals surface area contributed by atoms with E-state index < -0.39 is 0 Å². The lowest BCUT2D eigenvalue weighted by molar-refractivity contribution is 0.0642. The number of halogens is 1. The number of fused-ring (bicyclic) bond motifs is 1. The first-order valence-electron chi connectivity index (χ1n) is 8.62. The lowest BCUT2D eigenvalue weighted by atomic mass is 9.79. The van der Waals surface area contributed by atoms with Gasteiger partial charge in [-0.15, -0.1) is 12.4 Å². The normalized spacial score (nSPS) is 20.1. The van der Waals surface area contributed by atoms with Crippen molar-refractivity contribution in [2.75, 3.05) is 26.2 Å². The smallest absolute Gasteiger partial charge is 0.253 e. The van der Waals surface area contributed by atoms with Crippen LogP contribution in [0.15, 0.2) is 18.2 Å². The number of benzene rings is 1. The predicted molar refractivity (Wildman–Crippen MR) is 95.4 cm³/mol. The van der Waals surface area contributed by atoms with Gasteiger partial charge in [0.15, 0.2) is 0 Å². The van der Waals surface area contributed by atoms with Crippen molar-refractivity contribution < 1.29 is 4.79 Å². The molecule has 0 spiro atoms. The van der Waals surface area contributed by atoms with E-state index >= 15 is 0 Å². The van der Waals surface area contributed by atoms with Gasteiger partial charge in [0.05, 0.1) is 0 Å². The Kier molecular flexibility index (Phi) is 5.36. The van der Waals surface area contributed by atoms with E-state index in [1.165, 1.54) is 12.8 Å². The van der Waals surface area contributed by atoms with Crippen LogP contribution < -0.4 is 5.32 Å². The first-order chi connectivity index (χ1) is 11.3. The fourth-order valence-corrected chi connectivity index (χ4v) is 4.05. The Morgan fingerprint density at radius 3 is 2.42 bits per heavy atom. The van der Waals surface area contributed by atoms with Gasteiger partial charge >= 0.3 is 0 Å². The Bertz CT molecular complexity index is 689. The molecular formula is C17H24ClN5O. The minimum atomic E-state index is 0. The molecule has 2 saturated heterocycles. The topological polar surface area (TPSA) is 73.9 Å². The Balaban J connectivity index is 0.00000169. The Labute approximate surface area is 147 Å². The lowest BCUT2D eigenvalue weighted by Gasteiger charge is -2.37. The van der Waals surface area contributed by atoms with Crippen molar-refractivity contribution in [3.63, 3.8) is 0 Å². The van der Waals surface area contributed by atoms with E-state index in [2.05, 4.69) is 20.7 Å². The van der Waals surface area contributed by atoms with Crippen LogP contribution >= 0.6 is 12.4 Å². The summed E-state index contributed by atoms with van der Waals surface area (Å²) in [7, 11) is 0. The first kappa shape index (κ1) is 17.2. The molecule has 3 heterocycles. The van der Waals surface area contributed by atoms with Gasteiger partial charge < -0.3 is 10.2 Å². The third-order valence-corrected chi connectivity index (χ3v) is 5.44. The molecule has 1 amide bonds. The zero-order chi connectivity index (χ0) is 15.6. The number of rotatable bonds is 2. The first-order valence-corrected chi connectivity index (χ1v) is 8.62. The van der Waals surface area contributed by atoms with E-state index in [0.29, 0.717) is 5.56 Å². The fourth-order valence-electron chi connectivity index (χ4n) is 4.05. The molecule has 2 N–H and O–H groups in total. The SMILES string of the molecule is Cl.O=C(c1ccc2n[nH]nc2c1)N1CCC(C2CCNCC2)CC1. The summed E-state index contributed by atoms with van der Waals surface area (Å²) in [5, 5.41) is 14.1. The molecule has 130 valence electrons. The van der Waals surface area contributed by atoms with Crippen LogP contribution in [-0.4, -0.2) is 52.4 Å².